The van der Waals surface area contributed by atoms with Crippen LogP contribution in [-0.2, 0) is 4.79 Å². The lowest BCUT2D eigenvalue weighted by Crippen LogP contribution is -2.32. The van der Waals surface area contributed by atoms with Gasteiger partial charge in [0.1, 0.15) is 22.3 Å². The Hall–Kier alpha value is -5.53. The lowest BCUT2D eigenvalue weighted by Gasteiger charge is -2.07. The monoisotopic (exact) mass is 562 g/mol. The summed E-state index contributed by atoms with van der Waals surface area (Å²) < 4.78 is 7.54. The van der Waals surface area contributed by atoms with Gasteiger partial charge in [-0.1, -0.05) is 36.4 Å². The minimum Gasteiger partial charge on any atom is -0.456 e. The largest absolute Gasteiger partial charge is 0.456 e. The number of hydrogen-bond donors (Lipinski definition) is 1. The molecule has 0 saturated carbocycles. The zero-order valence-corrected chi connectivity index (χ0v) is 22.8. The van der Waals surface area contributed by atoms with Gasteiger partial charge in [0, 0.05) is 17.8 Å². The van der Waals surface area contributed by atoms with E-state index in [1.165, 1.54) is 16.7 Å². The first-order chi connectivity index (χ1) is 19.8. The number of amides is 1. The van der Waals surface area contributed by atoms with E-state index in [9.17, 15) is 25.0 Å². The summed E-state index contributed by atoms with van der Waals surface area (Å²) in [5.74, 6) is -0.105. The average molecular weight is 563 g/mol. The molecule has 0 aliphatic rings. The summed E-state index contributed by atoms with van der Waals surface area (Å²) in [5.41, 5.74) is 2.56. The standard InChI is InChI=1S/C31H22N4O5S/c1-19-12-13-21(16-20(19)2)33-29(36)25(18-32)31-34(22-8-4-3-5-9-22)30(37)28(41-31)17-23-14-15-27(40-23)24-10-6-7-11-26(24)35(38)39/h3-17H,1-2H3,(H,33,36)/b28-17+,31-25-. The number of carbonyl (C=O) groups excluding carboxylic acids is 1. The van der Waals surface area contributed by atoms with E-state index >= 15 is 0 Å². The van der Waals surface area contributed by atoms with Crippen molar-refractivity contribution in [3.63, 3.8) is 0 Å². The second kappa shape index (κ2) is 11.3. The fraction of sp³-hybridized carbons (Fsp3) is 0.0645. The lowest BCUT2D eigenvalue weighted by atomic mass is 10.1. The van der Waals surface area contributed by atoms with Gasteiger partial charge in [0.05, 0.1) is 20.7 Å². The van der Waals surface area contributed by atoms with Gasteiger partial charge in [0.15, 0.2) is 5.57 Å². The molecule has 2 aromatic heterocycles. The fourth-order valence-electron chi connectivity index (χ4n) is 4.22. The molecular formula is C31H22N4O5S. The number of hydrogen-bond acceptors (Lipinski definition) is 7. The molecule has 0 atom stereocenters. The van der Waals surface area contributed by atoms with E-state index in [-0.39, 0.29) is 32.0 Å². The molecule has 10 heteroatoms. The molecule has 3 aromatic carbocycles. The summed E-state index contributed by atoms with van der Waals surface area (Å²) in [6.07, 6.45) is 1.49. The van der Waals surface area contributed by atoms with Gasteiger partial charge in [-0.05, 0) is 67.4 Å². The number of para-hydroxylation sites is 2. The van der Waals surface area contributed by atoms with Crippen LogP contribution in [0.4, 0.5) is 11.4 Å². The molecule has 5 aromatic rings. The van der Waals surface area contributed by atoms with Gasteiger partial charge in [-0.25, -0.2) is 0 Å². The topological polar surface area (TPSA) is 131 Å². The number of nitrogens with one attached hydrogen (secondary N) is 1. The van der Waals surface area contributed by atoms with Crippen LogP contribution in [0.25, 0.3) is 28.7 Å². The molecule has 0 unspecified atom stereocenters. The molecule has 0 spiro atoms. The smallest absolute Gasteiger partial charge is 0.280 e. The third-order valence-electron chi connectivity index (χ3n) is 6.42. The molecule has 2 heterocycles. The fourth-order valence-corrected chi connectivity index (χ4v) is 5.30. The van der Waals surface area contributed by atoms with Crippen LogP contribution in [-0.4, -0.2) is 15.4 Å². The number of nitro groups is 1. The van der Waals surface area contributed by atoms with Crippen molar-refractivity contribution in [3.05, 3.63) is 131 Å². The highest BCUT2D eigenvalue weighted by molar-refractivity contribution is 7.07. The highest BCUT2D eigenvalue weighted by atomic mass is 32.1. The van der Waals surface area contributed by atoms with Crippen LogP contribution in [0.2, 0.25) is 0 Å². The first kappa shape index (κ1) is 27.1. The molecule has 1 N–H and O–H groups in total. The summed E-state index contributed by atoms with van der Waals surface area (Å²) in [5, 5.41) is 24.3. The van der Waals surface area contributed by atoms with E-state index in [0.717, 1.165) is 22.5 Å². The number of nitrogens with zero attached hydrogens (tertiary/aromatic N) is 3. The Bertz CT molecular complexity index is 2030. The zero-order valence-electron chi connectivity index (χ0n) is 22.0. The van der Waals surface area contributed by atoms with Crippen molar-refractivity contribution < 1.29 is 14.1 Å². The SMILES string of the molecule is Cc1ccc(NC(=O)/C(C#N)=c2\s/c(=C/c3ccc(-c4ccccc4[N+](=O)[O-])o3)c(=O)n2-c2ccccc2)cc1C. The van der Waals surface area contributed by atoms with Crippen LogP contribution in [0, 0.1) is 35.3 Å². The summed E-state index contributed by atoms with van der Waals surface area (Å²) in [7, 11) is 0. The predicted octanol–water partition coefficient (Wildman–Crippen LogP) is 4.83. The number of anilines is 1. The molecule has 9 nitrogen and oxygen atoms in total. The highest BCUT2D eigenvalue weighted by Crippen LogP contribution is 2.31. The molecule has 41 heavy (non-hydrogen) atoms. The first-order valence-electron chi connectivity index (χ1n) is 12.4. The van der Waals surface area contributed by atoms with Gasteiger partial charge in [0.25, 0.3) is 17.2 Å². The number of rotatable bonds is 6. The van der Waals surface area contributed by atoms with Crippen molar-refractivity contribution in [2.45, 2.75) is 13.8 Å². The van der Waals surface area contributed by atoms with Gasteiger partial charge in [-0.2, -0.15) is 5.26 Å². The lowest BCUT2D eigenvalue weighted by molar-refractivity contribution is -0.384. The number of nitriles is 1. The number of aryl methyl sites for hydroxylation is 2. The van der Waals surface area contributed by atoms with Crippen molar-refractivity contribution in [1.82, 2.24) is 4.57 Å². The third-order valence-corrected chi connectivity index (χ3v) is 7.51. The van der Waals surface area contributed by atoms with Gasteiger partial charge in [-0.3, -0.25) is 24.3 Å². The van der Waals surface area contributed by atoms with Crippen molar-refractivity contribution in [2.24, 2.45) is 0 Å². The number of benzene rings is 3. The number of thiazole rings is 1. The van der Waals surface area contributed by atoms with Gasteiger partial charge < -0.3 is 9.73 Å². The summed E-state index contributed by atoms with van der Waals surface area (Å²) in [6.45, 7) is 3.88. The van der Waals surface area contributed by atoms with Crippen LogP contribution in [0.3, 0.4) is 0 Å². The molecule has 0 bridgehead atoms. The van der Waals surface area contributed by atoms with E-state index in [1.54, 1.807) is 66.7 Å². The third kappa shape index (κ3) is 5.48. The Labute approximate surface area is 237 Å². The van der Waals surface area contributed by atoms with E-state index in [4.69, 9.17) is 4.42 Å². The molecule has 1 amide bonds. The Morgan fingerprint density at radius 3 is 2.46 bits per heavy atom. The number of furan rings is 1. The normalized spacial score (nSPS) is 12.1. The van der Waals surface area contributed by atoms with Gasteiger partial charge in [-0.15, -0.1) is 11.3 Å². The summed E-state index contributed by atoms with van der Waals surface area (Å²) >= 11 is 0.972. The van der Waals surface area contributed by atoms with Crippen molar-refractivity contribution >= 4 is 40.3 Å². The maximum absolute atomic E-state index is 13.7. The van der Waals surface area contributed by atoms with Crippen molar-refractivity contribution in [3.8, 4) is 23.1 Å². The molecule has 0 radical (unpaired) electrons. The Morgan fingerprint density at radius 1 is 1.02 bits per heavy atom. The van der Waals surface area contributed by atoms with Crippen LogP contribution in [0.5, 0.6) is 0 Å². The highest BCUT2D eigenvalue weighted by Gasteiger charge is 2.19. The Morgan fingerprint density at radius 2 is 1.76 bits per heavy atom. The van der Waals surface area contributed by atoms with Crippen LogP contribution in [0.15, 0.2) is 94.1 Å². The molecule has 202 valence electrons. The second-order valence-electron chi connectivity index (χ2n) is 9.11. The number of nitro benzene ring substituents is 1. The minimum atomic E-state index is -0.648. The molecule has 0 aliphatic carbocycles. The second-order valence-corrected chi connectivity index (χ2v) is 10.1. The average Bonchev–Trinajstić information content (AvgIpc) is 3.56. The van der Waals surface area contributed by atoms with Crippen LogP contribution >= 0.6 is 11.3 Å². The van der Waals surface area contributed by atoms with E-state index in [1.807, 2.05) is 32.0 Å². The van der Waals surface area contributed by atoms with Crippen molar-refractivity contribution in [1.29, 1.82) is 5.26 Å². The summed E-state index contributed by atoms with van der Waals surface area (Å²) in [4.78, 5) is 37.9. The minimum absolute atomic E-state index is 0.110. The molecule has 0 fully saturated rings. The van der Waals surface area contributed by atoms with Gasteiger partial charge >= 0.3 is 0 Å². The van der Waals surface area contributed by atoms with Crippen molar-refractivity contribution in [2.75, 3.05) is 5.32 Å². The van der Waals surface area contributed by atoms with E-state index in [0.29, 0.717) is 16.9 Å². The summed E-state index contributed by atoms with van der Waals surface area (Å²) in [6, 6.07) is 25.5. The predicted molar refractivity (Wildman–Crippen MR) is 157 cm³/mol. The van der Waals surface area contributed by atoms with Crippen LogP contribution in [0.1, 0.15) is 16.9 Å². The van der Waals surface area contributed by atoms with E-state index in [2.05, 4.69) is 5.32 Å². The van der Waals surface area contributed by atoms with Gasteiger partial charge in [0.2, 0.25) is 0 Å². The van der Waals surface area contributed by atoms with E-state index < -0.39 is 16.4 Å². The zero-order chi connectivity index (χ0) is 29.1. The number of aromatic nitrogens is 1. The Balaban J connectivity index is 1.66. The maximum atomic E-state index is 13.7. The molecule has 0 saturated heterocycles. The first-order valence-corrected chi connectivity index (χ1v) is 13.2. The molecule has 5 rings (SSSR count). The molecular weight excluding hydrogens is 540 g/mol. The molecule has 0 aliphatic heterocycles. The van der Waals surface area contributed by atoms with Crippen LogP contribution < -0.4 is 20.1 Å². The number of carbonyl (C=O) groups is 1. The Kier molecular flexibility index (Phi) is 7.45. The quantitative estimate of drug-likeness (QED) is 0.233. The maximum Gasteiger partial charge on any atom is 0.280 e.